The van der Waals surface area contributed by atoms with Crippen molar-refractivity contribution in [2.45, 2.75) is 57.6 Å². The van der Waals surface area contributed by atoms with Gasteiger partial charge in [-0.2, -0.15) is 0 Å². The molecule has 18 heavy (non-hydrogen) atoms. The van der Waals surface area contributed by atoms with Crippen LogP contribution in [0.5, 0.6) is 0 Å². The van der Waals surface area contributed by atoms with Crippen molar-refractivity contribution in [2.24, 2.45) is 5.41 Å². The standard InChI is InChI=1S/C14H26N2O2/c1-13(2)5-7-14(18,8-6-13)10-16-9-4-11(15-3)12(16)17/h11,15,18H,4-10H2,1-3H3. The molecule has 1 aliphatic heterocycles. The van der Waals surface area contributed by atoms with Crippen LogP contribution < -0.4 is 5.32 Å². The molecule has 1 atom stereocenters. The van der Waals surface area contributed by atoms with Crippen LogP contribution >= 0.6 is 0 Å². The number of nitrogens with zero attached hydrogens (tertiary/aromatic N) is 1. The highest BCUT2D eigenvalue weighted by Gasteiger charge is 2.41. The normalized spacial score (nSPS) is 30.8. The van der Waals surface area contributed by atoms with Crippen molar-refractivity contribution >= 4 is 5.91 Å². The van der Waals surface area contributed by atoms with Gasteiger partial charge in [-0.25, -0.2) is 0 Å². The molecule has 1 saturated carbocycles. The largest absolute Gasteiger partial charge is 0.388 e. The van der Waals surface area contributed by atoms with E-state index in [4.69, 9.17) is 0 Å². The molecule has 1 amide bonds. The predicted molar refractivity (Wildman–Crippen MR) is 71.2 cm³/mol. The number of nitrogens with one attached hydrogen (secondary N) is 1. The van der Waals surface area contributed by atoms with E-state index in [9.17, 15) is 9.90 Å². The molecule has 2 rings (SSSR count). The van der Waals surface area contributed by atoms with Gasteiger partial charge in [0.15, 0.2) is 0 Å². The van der Waals surface area contributed by atoms with Crippen molar-refractivity contribution in [3.8, 4) is 0 Å². The number of amides is 1. The molecule has 1 aliphatic carbocycles. The van der Waals surface area contributed by atoms with Crippen molar-refractivity contribution < 1.29 is 9.90 Å². The van der Waals surface area contributed by atoms with E-state index in [-0.39, 0.29) is 11.9 Å². The molecule has 1 saturated heterocycles. The molecule has 0 radical (unpaired) electrons. The van der Waals surface area contributed by atoms with Gasteiger partial charge in [0.05, 0.1) is 11.6 Å². The molecule has 1 unspecified atom stereocenters. The average Bonchev–Trinajstić information content (AvgIpc) is 2.65. The number of carbonyl (C=O) groups is 1. The second-order valence-electron chi connectivity index (χ2n) is 6.78. The van der Waals surface area contributed by atoms with Gasteiger partial charge in [-0.1, -0.05) is 13.8 Å². The molecule has 0 bridgehead atoms. The highest BCUT2D eigenvalue weighted by molar-refractivity contribution is 5.84. The van der Waals surface area contributed by atoms with Gasteiger partial charge >= 0.3 is 0 Å². The van der Waals surface area contributed by atoms with E-state index in [0.29, 0.717) is 12.0 Å². The summed E-state index contributed by atoms with van der Waals surface area (Å²) >= 11 is 0. The maximum absolute atomic E-state index is 12.0. The van der Waals surface area contributed by atoms with Crippen LogP contribution in [0.15, 0.2) is 0 Å². The third-order valence-electron chi connectivity index (χ3n) is 4.67. The maximum Gasteiger partial charge on any atom is 0.239 e. The van der Waals surface area contributed by atoms with Crippen LogP contribution in [0, 0.1) is 5.41 Å². The highest BCUT2D eigenvalue weighted by Crippen LogP contribution is 2.40. The summed E-state index contributed by atoms with van der Waals surface area (Å²) in [5.74, 6) is 0.149. The van der Waals surface area contributed by atoms with E-state index in [1.54, 1.807) is 0 Å². The highest BCUT2D eigenvalue weighted by atomic mass is 16.3. The number of rotatable bonds is 3. The zero-order valence-electron chi connectivity index (χ0n) is 11.8. The lowest BCUT2D eigenvalue weighted by atomic mass is 9.71. The van der Waals surface area contributed by atoms with Crippen molar-refractivity contribution in [1.29, 1.82) is 0 Å². The molecular formula is C14H26N2O2. The van der Waals surface area contributed by atoms with E-state index in [1.807, 2.05) is 11.9 Å². The van der Waals surface area contributed by atoms with Crippen molar-refractivity contribution in [3.05, 3.63) is 0 Å². The number of carbonyl (C=O) groups excluding carboxylic acids is 1. The molecule has 0 aromatic carbocycles. The number of hydrogen-bond acceptors (Lipinski definition) is 3. The van der Waals surface area contributed by atoms with Crippen LogP contribution in [-0.2, 0) is 4.79 Å². The number of hydrogen-bond donors (Lipinski definition) is 2. The molecule has 1 heterocycles. The Morgan fingerprint density at radius 3 is 2.44 bits per heavy atom. The second kappa shape index (κ2) is 4.82. The topological polar surface area (TPSA) is 52.6 Å². The van der Waals surface area contributed by atoms with Crippen molar-refractivity contribution in [1.82, 2.24) is 10.2 Å². The van der Waals surface area contributed by atoms with E-state index < -0.39 is 5.60 Å². The molecule has 2 N–H and O–H groups in total. The third-order valence-corrected chi connectivity index (χ3v) is 4.67. The number of β-amino-alcohol motifs (C(OH)–C–C–N with tert-alkyl or cyclic N) is 1. The van der Waals surface area contributed by atoms with Gasteiger partial charge in [-0.05, 0) is 44.6 Å². The summed E-state index contributed by atoms with van der Waals surface area (Å²) in [5.41, 5.74) is -0.317. The van der Waals surface area contributed by atoms with Gasteiger partial charge in [0.2, 0.25) is 5.91 Å². The summed E-state index contributed by atoms with van der Waals surface area (Å²) in [6.07, 6.45) is 4.57. The molecule has 2 aliphatic rings. The summed E-state index contributed by atoms with van der Waals surface area (Å²) in [7, 11) is 1.82. The summed E-state index contributed by atoms with van der Waals surface area (Å²) in [6, 6.07) is -0.0476. The van der Waals surface area contributed by atoms with Crippen LogP contribution in [0.1, 0.15) is 46.0 Å². The van der Waals surface area contributed by atoms with Crippen LogP contribution in [0.25, 0.3) is 0 Å². The molecule has 2 fully saturated rings. The predicted octanol–water partition coefficient (Wildman–Crippen LogP) is 1.14. The Kier molecular flexibility index (Phi) is 3.70. The van der Waals surface area contributed by atoms with Gasteiger partial charge in [0, 0.05) is 13.1 Å². The minimum absolute atomic E-state index is 0.0476. The fourth-order valence-electron chi connectivity index (χ4n) is 3.07. The quantitative estimate of drug-likeness (QED) is 0.794. The van der Waals surface area contributed by atoms with Crippen LogP contribution in [0.4, 0.5) is 0 Å². The average molecular weight is 254 g/mol. The van der Waals surface area contributed by atoms with Gasteiger partial charge in [0.1, 0.15) is 0 Å². The Hall–Kier alpha value is -0.610. The van der Waals surface area contributed by atoms with Crippen LogP contribution in [0.2, 0.25) is 0 Å². The lowest BCUT2D eigenvalue weighted by Gasteiger charge is -2.42. The summed E-state index contributed by atoms with van der Waals surface area (Å²) in [6.45, 7) is 5.80. The number of aliphatic hydroxyl groups is 1. The maximum atomic E-state index is 12.0. The van der Waals surface area contributed by atoms with E-state index in [1.165, 1.54) is 0 Å². The summed E-state index contributed by atoms with van der Waals surface area (Å²) in [5, 5.41) is 13.7. The molecule has 4 heteroatoms. The zero-order valence-corrected chi connectivity index (χ0v) is 11.8. The van der Waals surface area contributed by atoms with Gasteiger partial charge in [0.25, 0.3) is 0 Å². The van der Waals surface area contributed by atoms with E-state index in [2.05, 4.69) is 19.2 Å². The Balaban J connectivity index is 1.92. The van der Waals surface area contributed by atoms with Crippen LogP contribution in [0.3, 0.4) is 0 Å². The Bertz CT molecular complexity index is 318. The first kappa shape index (κ1) is 13.8. The second-order valence-corrected chi connectivity index (χ2v) is 6.78. The number of likely N-dealkylation sites (N-methyl/N-ethyl adjacent to an activating group) is 1. The molecule has 104 valence electrons. The van der Waals surface area contributed by atoms with Crippen molar-refractivity contribution in [2.75, 3.05) is 20.1 Å². The fraction of sp³-hybridized carbons (Fsp3) is 0.929. The smallest absolute Gasteiger partial charge is 0.239 e. The zero-order chi connectivity index (χ0) is 13.4. The molecule has 4 nitrogen and oxygen atoms in total. The molecule has 0 spiro atoms. The minimum Gasteiger partial charge on any atom is -0.388 e. The fourth-order valence-corrected chi connectivity index (χ4v) is 3.07. The SMILES string of the molecule is CNC1CCN(CC2(O)CCC(C)(C)CC2)C1=O. The Labute approximate surface area is 110 Å². The summed E-state index contributed by atoms with van der Waals surface area (Å²) in [4.78, 5) is 13.9. The third kappa shape index (κ3) is 2.86. The van der Waals surface area contributed by atoms with Gasteiger partial charge < -0.3 is 15.3 Å². The summed E-state index contributed by atoms with van der Waals surface area (Å²) < 4.78 is 0. The first-order valence-electron chi connectivity index (χ1n) is 7.04. The molecular weight excluding hydrogens is 228 g/mol. The lowest BCUT2D eigenvalue weighted by molar-refractivity contribution is -0.134. The molecule has 0 aromatic heterocycles. The van der Waals surface area contributed by atoms with Crippen molar-refractivity contribution in [3.63, 3.8) is 0 Å². The van der Waals surface area contributed by atoms with Crippen LogP contribution in [-0.4, -0.2) is 47.7 Å². The van der Waals surface area contributed by atoms with Gasteiger partial charge in [-0.3, -0.25) is 4.79 Å². The first-order valence-corrected chi connectivity index (χ1v) is 7.04. The first-order chi connectivity index (χ1) is 8.35. The van der Waals surface area contributed by atoms with E-state index >= 15 is 0 Å². The monoisotopic (exact) mass is 254 g/mol. The minimum atomic E-state index is -0.659. The Morgan fingerprint density at radius 1 is 1.33 bits per heavy atom. The lowest BCUT2D eigenvalue weighted by Crippen LogP contribution is -2.48. The number of likely N-dealkylation sites (tertiary alicyclic amines) is 1. The molecule has 0 aromatic rings. The Morgan fingerprint density at radius 2 is 1.94 bits per heavy atom. The van der Waals surface area contributed by atoms with Gasteiger partial charge in [-0.15, -0.1) is 0 Å². The van der Waals surface area contributed by atoms with E-state index in [0.717, 1.165) is 38.6 Å².